The number of sulfone groups is 1. The topological polar surface area (TPSA) is 88.2 Å². The normalized spacial score (nSPS) is 11.1. The van der Waals surface area contributed by atoms with Crippen LogP contribution in [0.1, 0.15) is 17.3 Å². The smallest absolute Gasteiger partial charge is 0.252 e. The van der Waals surface area contributed by atoms with E-state index in [0.717, 1.165) is 6.26 Å². The highest BCUT2D eigenvalue weighted by molar-refractivity contribution is 7.90. The molecule has 0 aliphatic heterocycles. The summed E-state index contributed by atoms with van der Waals surface area (Å²) in [6.45, 7) is 2.64. The van der Waals surface area contributed by atoms with Gasteiger partial charge in [-0.05, 0) is 13.0 Å². The highest BCUT2D eigenvalue weighted by atomic mass is 35.5. The number of nitrogens with one attached hydrogen (secondary N) is 2. The van der Waals surface area contributed by atoms with Crippen LogP contribution in [0.3, 0.4) is 0 Å². The second-order valence-corrected chi connectivity index (χ2v) is 6.64. The van der Waals surface area contributed by atoms with Crippen molar-refractivity contribution in [3.05, 3.63) is 22.8 Å². The Balaban J connectivity index is 2.65. The van der Waals surface area contributed by atoms with Crippen molar-refractivity contribution < 1.29 is 13.2 Å². The summed E-state index contributed by atoms with van der Waals surface area (Å²) in [5.74, 6) is 0.00740. The molecule has 0 aliphatic carbocycles. The lowest BCUT2D eigenvalue weighted by atomic mass is 10.2. The van der Waals surface area contributed by atoms with Crippen LogP contribution in [-0.4, -0.2) is 44.4 Å². The van der Waals surface area contributed by atoms with Gasteiger partial charge in [-0.2, -0.15) is 0 Å². The van der Waals surface area contributed by atoms with Crippen LogP contribution in [0.25, 0.3) is 0 Å². The van der Waals surface area contributed by atoms with E-state index in [4.69, 9.17) is 11.6 Å². The van der Waals surface area contributed by atoms with Crippen LogP contribution < -0.4 is 10.6 Å². The van der Waals surface area contributed by atoms with E-state index in [1.54, 1.807) is 0 Å². The highest BCUT2D eigenvalue weighted by Crippen LogP contribution is 2.19. The fourth-order valence-electron chi connectivity index (χ4n) is 1.31. The molecule has 2 N–H and O–H groups in total. The van der Waals surface area contributed by atoms with E-state index in [1.165, 1.54) is 12.3 Å². The maximum Gasteiger partial charge on any atom is 0.252 e. The third kappa shape index (κ3) is 5.44. The Morgan fingerprint density at radius 1 is 1.47 bits per heavy atom. The first-order valence-electron chi connectivity index (χ1n) is 5.69. The first-order chi connectivity index (χ1) is 8.83. The Labute approximate surface area is 117 Å². The Morgan fingerprint density at radius 2 is 2.16 bits per heavy atom. The summed E-state index contributed by atoms with van der Waals surface area (Å²) in [5, 5.41) is 5.79. The van der Waals surface area contributed by atoms with Crippen LogP contribution in [0, 0.1) is 0 Å². The maximum absolute atomic E-state index is 11.7. The lowest BCUT2D eigenvalue weighted by Gasteiger charge is -2.07. The molecule has 106 valence electrons. The molecular weight excluding hydrogens is 290 g/mol. The molecule has 1 heterocycles. The van der Waals surface area contributed by atoms with Crippen molar-refractivity contribution in [1.29, 1.82) is 0 Å². The molecule has 0 bridgehead atoms. The van der Waals surface area contributed by atoms with Gasteiger partial charge in [0.25, 0.3) is 5.91 Å². The minimum Gasteiger partial charge on any atom is -0.369 e. The van der Waals surface area contributed by atoms with Crippen molar-refractivity contribution >= 4 is 33.2 Å². The Hall–Kier alpha value is -1.34. The van der Waals surface area contributed by atoms with E-state index >= 15 is 0 Å². The minimum absolute atomic E-state index is 0.0598. The zero-order valence-electron chi connectivity index (χ0n) is 10.7. The van der Waals surface area contributed by atoms with E-state index in [9.17, 15) is 13.2 Å². The largest absolute Gasteiger partial charge is 0.369 e. The zero-order chi connectivity index (χ0) is 14.5. The average Bonchev–Trinajstić information content (AvgIpc) is 2.30. The molecule has 0 aromatic carbocycles. The van der Waals surface area contributed by atoms with E-state index in [0.29, 0.717) is 22.9 Å². The number of hydrogen-bond acceptors (Lipinski definition) is 5. The van der Waals surface area contributed by atoms with Crippen molar-refractivity contribution in [1.82, 2.24) is 10.3 Å². The number of pyridine rings is 1. The average molecular weight is 306 g/mol. The van der Waals surface area contributed by atoms with E-state index in [1.807, 2.05) is 6.92 Å². The molecule has 1 aromatic heterocycles. The molecule has 6 nitrogen and oxygen atoms in total. The third-order valence-electron chi connectivity index (χ3n) is 2.21. The summed E-state index contributed by atoms with van der Waals surface area (Å²) in [4.78, 5) is 15.8. The molecule has 0 fully saturated rings. The zero-order valence-corrected chi connectivity index (χ0v) is 12.3. The lowest BCUT2D eigenvalue weighted by molar-refractivity contribution is 0.0956. The maximum atomic E-state index is 11.7. The van der Waals surface area contributed by atoms with E-state index < -0.39 is 15.7 Å². The number of halogens is 1. The van der Waals surface area contributed by atoms with Crippen molar-refractivity contribution in [2.45, 2.75) is 6.92 Å². The Morgan fingerprint density at radius 3 is 2.68 bits per heavy atom. The van der Waals surface area contributed by atoms with Crippen molar-refractivity contribution in [2.75, 3.05) is 30.4 Å². The SMILES string of the molecule is CCNc1ncc(C(=O)NCCS(C)(=O)=O)cc1Cl. The van der Waals surface area contributed by atoms with Crippen LogP contribution in [0.5, 0.6) is 0 Å². The molecule has 0 saturated carbocycles. The molecular formula is C11H16ClN3O3S. The molecule has 0 radical (unpaired) electrons. The molecule has 19 heavy (non-hydrogen) atoms. The highest BCUT2D eigenvalue weighted by Gasteiger charge is 2.10. The summed E-state index contributed by atoms with van der Waals surface area (Å²) in [6, 6.07) is 1.49. The molecule has 1 aromatic rings. The molecule has 8 heteroatoms. The van der Waals surface area contributed by atoms with Crippen LogP contribution in [-0.2, 0) is 9.84 Å². The summed E-state index contributed by atoms with van der Waals surface area (Å²) in [7, 11) is -3.09. The molecule has 1 rings (SSSR count). The van der Waals surface area contributed by atoms with Gasteiger partial charge in [0, 0.05) is 25.5 Å². The molecule has 0 saturated heterocycles. The molecule has 1 amide bonds. The molecule has 0 aliphatic rings. The minimum atomic E-state index is -3.09. The number of carbonyl (C=O) groups is 1. The van der Waals surface area contributed by atoms with Gasteiger partial charge in [-0.15, -0.1) is 0 Å². The van der Waals surface area contributed by atoms with Gasteiger partial charge < -0.3 is 10.6 Å². The third-order valence-corrected chi connectivity index (χ3v) is 3.44. The predicted octanol–water partition coefficient (Wildman–Crippen LogP) is 0.941. The van der Waals surface area contributed by atoms with E-state index in [2.05, 4.69) is 15.6 Å². The quantitative estimate of drug-likeness (QED) is 0.816. The Bertz CT molecular complexity index is 560. The summed E-state index contributed by atoms with van der Waals surface area (Å²) in [5.41, 5.74) is 0.292. The second-order valence-electron chi connectivity index (χ2n) is 3.97. The first kappa shape index (κ1) is 15.7. The summed E-state index contributed by atoms with van der Waals surface area (Å²) in [6.07, 6.45) is 2.50. The lowest BCUT2D eigenvalue weighted by Crippen LogP contribution is -2.28. The van der Waals surface area contributed by atoms with Crippen molar-refractivity contribution in [2.24, 2.45) is 0 Å². The molecule has 0 atom stereocenters. The van der Waals surface area contributed by atoms with Gasteiger partial charge in [0.15, 0.2) is 0 Å². The molecule has 0 unspecified atom stereocenters. The van der Waals surface area contributed by atoms with Gasteiger partial charge in [0.2, 0.25) is 0 Å². The van der Waals surface area contributed by atoms with Gasteiger partial charge in [-0.3, -0.25) is 4.79 Å². The monoisotopic (exact) mass is 305 g/mol. The predicted molar refractivity (Wildman–Crippen MR) is 75.5 cm³/mol. The van der Waals surface area contributed by atoms with Crippen molar-refractivity contribution in [3.8, 4) is 0 Å². The molecule has 0 spiro atoms. The van der Waals surface area contributed by atoms with Crippen LogP contribution >= 0.6 is 11.6 Å². The van der Waals surface area contributed by atoms with Gasteiger partial charge >= 0.3 is 0 Å². The van der Waals surface area contributed by atoms with Crippen LogP contribution in [0.15, 0.2) is 12.3 Å². The van der Waals surface area contributed by atoms with Gasteiger partial charge in [0.05, 0.1) is 16.3 Å². The van der Waals surface area contributed by atoms with Gasteiger partial charge in [-0.25, -0.2) is 13.4 Å². The Kier molecular flexibility index (Phi) is 5.56. The summed E-state index contributed by atoms with van der Waals surface area (Å²) >= 11 is 5.96. The van der Waals surface area contributed by atoms with Crippen LogP contribution in [0.2, 0.25) is 5.02 Å². The standard InChI is InChI=1S/C11H16ClN3O3S/c1-3-13-10-9(12)6-8(7-15-10)11(16)14-4-5-19(2,17)18/h6-7H,3-5H2,1-2H3,(H,13,15)(H,14,16). The first-order valence-corrected chi connectivity index (χ1v) is 8.12. The summed E-state index contributed by atoms with van der Waals surface area (Å²) < 4.78 is 21.9. The fraction of sp³-hybridized carbons (Fsp3) is 0.455. The van der Waals surface area contributed by atoms with Gasteiger partial charge in [0.1, 0.15) is 15.7 Å². The second kappa shape index (κ2) is 6.72. The van der Waals surface area contributed by atoms with Gasteiger partial charge in [-0.1, -0.05) is 11.6 Å². The number of amides is 1. The van der Waals surface area contributed by atoms with E-state index in [-0.39, 0.29) is 12.3 Å². The number of nitrogens with zero attached hydrogens (tertiary/aromatic N) is 1. The number of anilines is 1. The van der Waals surface area contributed by atoms with Crippen LogP contribution in [0.4, 0.5) is 5.82 Å². The fourth-order valence-corrected chi connectivity index (χ4v) is 2.02. The number of hydrogen-bond donors (Lipinski definition) is 2. The number of rotatable bonds is 6. The number of carbonyl (C=O) groups excluding carboxylic acids is 1. The van der Waals surface area contributed by atoms with Crippen molar-refractivity contribution in [3.63, 3.8) is 0 Å². The number of aromatic nitrogens is 1.